The number of unbranched alkanes of at least 4 members (excludes halogenated alkanes) is 21. The third-order valence-electron chi connectivity index (χ3n) is 9.10. The Morgan fingerprint density at radius 3 is 1.40 bits per heavy atom. The number of nitrogens with one attached hydrogen (secondary N) is 1. The molecule has 0 radical (unpaired) electrons. The van der Waals surface area contributed by atoms with Crippen LogP contribution in [0.25, 0.3) is 0 Å². The SMILES string of the molecule is CC/C=C\C/C=C\C/C=C\C/C=C\CCCCCCCCCCC(=O)NC(CO)C(O)CCCCCCCCCCCCCCCC. The van der Waals surface area contributed by atoms with E-state index in [0.29, 0.717) is 12.8 Å². The van der Waals surface area contributed by atoms with E-state index in [1.165, 1.54) is 122 Å². The first kappa shape index (κ1) is 45.3. The first-order valence-electron chi connectivity index (χ1n) is 20.3. The van der Waals surface area contributed by atoms with Gasteiger partial charge in [0.05, 0.1) is 18.8 Å². The molecule has 0 heterocycles. The van der Waals surface area contributed by atoms with Crippen molar-refractivity contribution in [2.24, 2.45) is 0 Å². The summed E-state index contributed by atoms with van der Waals surface area (Å²) in [4.78, 5) is 12.4. The smallest absolute Gasteiger partial charge is 0.220 e. The highest BCUT2D eigenvalue weighted by atomic mass is 16.3. The number of aliphatic hydroxyl groups is 2. The van der Waals surface area contributed by atoms with Gasteiger partial charge in [-0.15, -0.1) is 0 Å². The van der Waals surface area contributed by atoms with Crippen LogP contribution < -0.4 is 5.32 Å². The average molecular weight is 658 g/mol. The molecular weight excluding hydrogens is 578 g/mol. The van der Waals surface area contributed by atoms with Crippen molar-refractivity contribution in [3.63, 3.8) is 0 Å². The van der Waals surface area contributed by atoms with E-state index in [2.05, 4.69) is 67.8 Å². The number of allylic oxidation sites excluding steroid dienone is 8. The molecule has 0 bridgehead atoms. The zero-order valence-corrected chi connectivity index (χ0v) is 31.3. The maximum absolute atomic E-state index is 12.4. The number of hydrogen-bond donors (Lipinski definition) is 3. The molecule has 0 saturated carbocycles. The molecule has 0 saturated heterocycles. The van der Waals surface area contributed by atoms with Crippen LogP contribution in [0, 0.1) is 0 Å². The zero-order chi connectivity index (χ0) is 34.3. The third-order valence-corrected chi connectivity index (χ3v) is 9.10. The van der Waals surface area contributed by atoms with Gasteiger partial charge in [-0.2, -0.15) is 0 Å². The first-order valence-corrected chi connectivity index (χ1v) is 20.3. The van der Waals surface area contributed by atoms with Crippen LogP contribution in [0.3, 0.4) is 0 Å². The first-order chi connectivity index (χ1) is 23.2. The van der Waals surface area contributed by atoms with Crippen LogP contribution >= 0.6 is 0 Å². The minimum atomic E-state index is -0.663. The van der Waals surface area contributed by atoms with Gasteiger partial charge in [-0.3, -0.25) is 4.79 Å². The molecule has 2 unspecified atom stereocenters. The number of carbonyl (C=O) groups is 1. The molecule has 3 N–H and O–H groups in total. The lowest BCUT2D eigenvalue weighted by atomic mass is 10.0. The lowest BCUT2D eigenvalue weighted by Gasteiger charge is -2.22. The summed E-state index contributed by atoms with van der Waals surface area (Å²) in [6.45, 7) is 4.24. The van der Waals surface area contributed by atoms with Gasteiger partial charge < -0.3 is 15.5 Å². The van der Waals surface area contributed by atoms with Crippen LogP contribution in [0.5, 0.6) is 0 Å². The number of hydrogen-bond acceptors (Lipinski definition) is 3. The summed E-state index contributed by atoms with van der Waals surface area (Å²) < 4.78 is 0. The van der Waals surface area contributed by atoms with Gasteiger partial charge in [0.25, 0.3) is 0 Å². The van der Waals surface area contributed by atoms with Gasteiger partial charge in [0.2, 0.25) is 5.91 Å². The fraction of sp³-hybridized carbons (Fsp3) is 0.791. The van der Waals surface area contributed by atoms with Gasteiger partial charge in [-0.05, 0) is 51.4 Å². The zero-order valence-electron chi connectivity index (χ0n) is 31.3. The molecular formula is C43H79NO3. The normalized spacial score (nSPS) is 13.5. The van der Waals surface area contributed by atoms with Crippen LogP contribution in [0.1, 0.15) is 200 Å². The Kier molecular flexibility index (Phi) is 37.4. The van der Waals surface area contributed by atoms with Crippen LogP contribution in [-0.4, -0.2) is 34.9 Å². The van der Waals surface area contributed by atoms with Crippen molar-refractivity contribution in [2.75, 3.05) is 6.61 Å². The Balaban J connectivity index is 3.57. The Morgan fingerprint density at radius 2 is 0.936 bits per heavy atom. The number of carbonyl (C=O) groups excluding carboxylic acids is 1. The molecule has 0 aromatic rings. The van der Waals surface area contributed by atoms with Crippen molar-refractivity contribution in [3.05, 3.63) is 48.6 Å². The van der Waals surface area contributed by atoms with Gasteiger partial charge in [0.15, 0.2) is 0 Å². The van der Waals surface area contributed by atoms with E-state index in [1.54, 1.807) is 0 Å². The minimum Gasteiger partial charge on any atom is -0.394 e. The standard InChI is InChI=1S/C43H79NO3/c1-3-5-7-9-11-13-15-17-19-20-21-22-23-24-25-27-29-31-33-35-37-39-43(47)44-41(40-45)42(46)38-36-34-32-30-28-26-18-16-14-12-10-8-6-4-2/h5,7,11,13,17,19,21-22,41-42,45-46H,3-4,6,8-10,12,14-16,18,20,23-40H2,1-2H3,(H,44,47)/b7-5-,13-11-,19-17-,22-21-. The molecule has 274 valence electrons. The summed E-state index contributed by atoms with van der Waals surface area (Å²) in [5.41, 5.74) is 0. The molecule has 0 fully saturated rings. The van der Waals surface area contributed by atoms with Crippen molar-refractivity contribution in [1.82, 2.24) is 5.32 Å². The van der Waals surface area contributed by atoms with Crippen molar-refractivity contribution < 1.29 is 15.0 Å². The van der Waals surface area contributed by atoms with Crippen LogP contribution in [0.15, 0.2) is 48.6 Å². The summed E-state index contributed by atoms with van der Waals surface area (Å²) in [7, 11) is 0. The van der Waals surface area contributed by atoms with Gasteiger partial charge in [-0.1, -0.05) is 191 Å². The summed E-state index contributed by atoms with van der Waals surface area (Å²) >= 11 is 0. The highest BCUT2D eigenvalue weighted by molar-refractivity contribution is 5.76. The van der Waals surface area contributed by atoms with Crippen molar-refractivity contribution in [1.29, 1.82) is 0 Å². The molecule has 0 aliphatic carbocycles. The van der Waals surface area contributed by atoms with E-state index in [1.807, 2.05) is 0 Å². The van der Waals surface area contributed by atoms with Crippen LogP contribution in [0.2, 0.25) is 0 Å². The number of aliphatic hydroxyl groups excluding tert-OH is 2. The van der Waals surface area contributed by atoms with E-state index in [0.717, 1.165) is 51.4 Å². The molecule has 1 amide bonds. The summed E-state index contributed by atoms with van der Waals surface area (Å²) in [6.07, 6.45) is 51.7. The predicted octanol–water partition coefficient (Wildman–Crippen LogP) is 12.4. The minimum absolute atomic E-state index is 0.0418. The van der Waals surface area contributed by atoms with E-state index < -0.39 is 12.1 Å². The molecule has 0 aromatic carbocycles. The molecule has 4 nitrogen and oxygen atoms in total. The Hall–Kier alpha value is -1.65. The van der Waals surface area contributed by atoms with Gasteiger partial charge in [0, 0.05) is 6.42 Å². The molecule has 0 spiro atoms. The lowest BCUT2D eigenvalue weighted by molar-refractivity contribution is -0.123. The van der Waals surface area contributed by atoms with Crippen LogP contribution in [0.4, 0.5) is 0 Å². The second kappa shape index (κ2) is 38.8. The topological polar surface area (TPSA) is 69.6 Å². The summed E-state index contributed by atoms with van der Waals surface area (Å²) in [6, 6.07) is -0.541. The van der Waals surface area contributed by atoms with E-state index in [4.69, 9.17) is 0 Å². The lowest BCUT2D eigenvalue weighted by Crippen LogP contribution is -2.45. The van der Waals surface area contributed by atoms with Gasteiger partial charge in [0.1, 0.15) is 0 Å². The highest BCUT2D eigenvalue weighted by Gasteiger charge is 2.19. The number of amides is 1. The van der Waals surface area contributed by atoms with Crippen LogP contribution in [-0.2, 0) is 4.79 Å². The van der Waals surface area contributed by atoms with Gasteiger partial charge in [-0.25, -0.2) is 0 Å². The molecule has 0 aromatic heterocycles. The van der Waals surface area contributed by atoms with Gasteiger partial charge >= 0.3 is 0 Å². The Labute approximate surface area is 293 Å². The summed E-state index contributed by atoms with van der Waals surface area (Å²) in [5, 5.41) is 23.1. The molecule has 0 aliphatic heterocycles. The second-order valence-corrected chi connectivity index (χ2v) is 13.7. The highest BCUT2D eigenvalue weighted by Crippen LogP contribution is 2.15. The molecule has 0 aliphatic rings. The summed E-state index contributed by atoms with van der Waals surface area (Å²) in [5.74, 6) is -0.0418. The Morgan fingerprint density at radius 1 is 0.532 bits per heavy atom. The molecule has 0 rings (SSSR count). The van der Waals surface area contributed by atoms with E-state index >= 15 is 0 Å². The monoisotopic (exact) mass is 658 g/mol. The predicted molar refractivity (Wildman–Crippen MR) is 207 cm³/mol. The van der Waals surface area contributed by atoms with Crippen molar-refractivity contribution in [3.8, 4) is 0 Å². The molecule has 2 atom stereocenters. The largest absolute Gasteiger partial charge is 0.394 e. The quantitative estimate of drug-likeness (QED) is 0.0464. The Bertz CT molecular complexity index is 756. The molecule has 47 heavy (non-hydrogen) atoms. The fourth-order valence-corrected chi connectivity index (χ4v) is 6.00. The van der Waals surface area contributed by atoms with Crippen molar-refractivity contribution in [2.45, 2.75) is 212 Å². The van der Waals surface area contributed by atoms with Crippen molar-refractivity contribution >= 4 is 5.91 Å². The van der Waals surface area contributed by atoms with E-state index in [-0.39, 0.29) is 12.5 Å². The maximum atomic E-state index is 12.4. The maximum Gasteiger partial charge on any atom is 0.220 e. The molecule has 4 heteroatoms. The average Bonchev–Trinajstić information content (AvgIpc) is 3.07. The third kappa shape index (κ3) is 35.5. The second-order valence-electron chi connectivity index (χ2n) is 13.7. The number of rotatable bonds is 36. The fourth-order valence-electron chi connectivity index (χ4n) is 6.00. The van der Waals surface area contributed by atoms with E-state index in [9.17, 15) is 15.0 Å².